The molecule has 3 aromatic carbocycles. The van der Waals surface area contributed by atoms with E-state index in [0.717, 1.165) is 12.0 Å². The number of aromatic hydroxyl groups is 1. The van der Waals surface area contributed by atoms with Gasteiger partial charge in [-0.1, -0.05) is 48.5 Å². The maximum Gasteiger partial charge on any atom is 0.118 e. The summed E-state index contributed by atoms with van der Waals surface area (Å²) in [6, 6.07) is 21.0. The van der Waals surface area contributed by atoms with Crippen LogP contribution in [0.3, 0.4) is 0 Å². The Kier molecular flexibility index (Phi) is 2.61. The summed E-state index contributed by atoms with van der Waals surface area (Å²) >= 11 is 0. The Morgan fingerprint density at radius 3 is 2.43 bits per heavy atom. The Morgan fingerprint density at radius 1 is 0.810 bits per heavy atom. The quantitative estimate of drug-likeness (QED) is 0.520. The van der Waals surface area contributed by atoms with E-state index >= 15 is 0 Å². The summed E-state index contributed by atoms with van der Waals surface area (Å²) in [5.74, 6) is 0.356. The van der Waals surface area contributed by atoms with E-state index in [-0.39, 0.29) is 0 Å². The summed E-state index contributed by atoms with van der Waals surface area (Å²) in [5, 5.41) is 9.73. The molecule has 0 aromatic heterocycles. The van der Waals surface area contributed by atoms with Gasteiger partial charge in [0.25, 0.3) is 0 Å². The third-order valence-electron chi connectivity index (χ3n) is 4.36. The van der Waals surface area contributed by atoms with Crippen molar-refractivity contribution in [2.45, 2.75) is 13.3 Å². The summed E-state index contributed by atoms with van der Waals surface area (Å²) in [4.78, 5) is 0. The van der Waals surface area contributed by atoms with Crippen LogP contribution >= 0.6 is 0 Å². The van der Waals surface area contributed by atoms with Crippen LogP contribution in [0.2, 0.25) is 0 Å². The van der Waals surface area contributed by atoms with E-state index in [1.807, 2.05) is 13.0 Å². The molecule has 1 N–H and O–H groups in total. The minimum Gasteiger partial charge on any atom is -0.508 e. The van der Waals surface area contributed by atoms with Crippen molar-refractivity contribution < 1.29 is 5.11 Å². The molecule has 4 rings (SSSR count). The number of hydrogen-bond donors (Lipinski definition) is 1. The molecule has 1 aliphatic carbocycles. The zero-order valence-corrected chi connectivity index (χ0v) is 11.9. The second kappa shape index (κ2) is 4.49. The Bertz CT molecular complexity index is 846. The molecule has 0 saturated heterocycles. The van der Waals surface area contributed by atoms with Gasteiger partial charge < -0.3 is 5.11 Å². The van der Waals surface area contributed by atoms with Gasteiger partial charge in [-0.05, 0) is 64.4 Å². The predicted octanol–water partition coefficient (Wildman–Crippen LogP) is 4.94. The molecule has 0 saturated carbocycles. The van der Waals surface area contributed by atoms with Crippen LogP contribution in [0.15, 0.2) is 60.7 Å². The van der Waals surface area contributed by atoms with Crippen molar-refractivity contribution in [2.24, 2.45) is 0 Å². The van der Waals surface area contributed by atoms with Gasteiger partial charge in [0, 0.05) is 0 Å². The molecule has 0 fully saturated rings. The first-order valence-corrected chi connectivity index (χ1v) is 7.24. The Balaban J connectivity index is 1.92. The fourth-order valence-electron chi connectivity index (χ4n) is 3.25. The van der Waals surface area contributed by atoms with Crippen LogP contribution in [0, 0.1) is 6.92 Å². The predicted molar refractivity (Wildman–Crippen MR) is 86.5 cm³/mol. The molecular weight excluding hydrogens is 256 g/mol. The van der Waals surface area contributed by atoms with E-state index in [1.165, 1.54) is 33.4 Å². The second-order valence-electron chi connectivity index (χ2n) is 5.67. The van der Waals surface area contributed by atoms with Gasteiger partial charge in [-0.2, -0.15) is 0 Å². The number of benzene rings is 3. The Morgan fingerprint density at radius 2 is 1.57 bits per heavy atom. The Hall–Kier alpha value is -2.54. The van der Waals surface area contributed by atoms with Gasteiger partial charge in [-0.25, -0.2) is 0 Å². The summed E-state index contributed by atoms with van der Waals surface area (Å²) in [7, 11) is 0. The van der Waals surface area contributed by atoms with Crippen LogP contribution in [0.1, 0.15) is 16.7 Å². The normalized spacial score (nSPS) is 12.0. The van der Waals surface area contributed by atoms with E-state index in [2.05, 4.69) is 48.5 Å². The zero-order valence-electron chi connectivity index (χ0n) is 11.9. The van der Waals surface area contributed by atoms with Gasteiger partial charge in [0.15, 0.2) is 0 Å². The van der Waals surface area contributed by atoms with Crippen molar-refractivity contribution in [3.8, 4) is 28.0 Å². The van der Waals surface area contributed by atoms with E-state index in [4.69, 9.17) is 0 Å². The van der Waals surface area contributed by atoms with E-state index < -0.39 is 0 Å². The average Bonchev–Trinajstić information content (AvgIpc) is 2.89. The second-order valence-corrected chi connectivity index (χ2v) is 5.67. The summed E-state index contributed by atoms with van der Waals surface area (Å²) in [6.07, 6.45) is 0.988. The van der Waals surface area contributed by atoms with E-state index in [1.54, 1.807) is 6.07 Å². The van der Waals surface area contributed by atoms with Crippen LogP contribution in [-0.2, 0) is 6.42 Å². The largest absolute Gasteiger partial charge is 0.508 e. The maximum absolute atomic E-state index is 9.73. The molecule has 0 heterocycles. The number of fused-ring (bicyclic) bond motifs is 3. The smallest absolute Gasteiger partial charge is 0.118 e. The SMILES string of the molecule is Cc1cc(-c2cccc3c2Cc2ccccc2-3)ccc1O. The van der Waals surface area contributed by atoms with Crippen LogP contribution in [0.25, 0.3) is 22.3 Å². The summed E-state index contributed by atoms with van der Waals surface area (Å²) < 4.78 is 0. The molecule has 102 valence electrons. The van der Waals surface area contributed by atoms with E-state index in [9.17, 15) is 5.11 Å². The molecule has 0 radical (unpaired) electrons. The fraction of sp³-hybridized carbons (Fsp3) is 0.100. The number of phenolic OH excluding ortho intramolecular Hbond substituents is 1. The lowest BCUT2D eigenvalue weighted by atomic mass is 9.95. The van der Waals surface area contributed by atoms with Gasteiger partial charge in [0.1, 0.15) is 5.75 Å². The van der Waals surface area contributed by atoms with Gasteiger partial charge in [-0.15, -0.1) is 0 Å². The average molecular weight is 272 g/mol. The molecule has 0 unspecified atom stereocenters. The molecular formula is C20H16O. The first-order valence-electron chi connectivity index (χ1n) is 7.24. The third-order valence-corrected chi connectivity index (χ3v) is 4.36. The van der Waals surface area contributed by atoms with Crippen molar-refractivity contribution in [1.29, 1.82) is 0 Å². The van der Waals surface area contributed by atoms with Crippen LogP contribution in [-0.4, -0.2) is 5.11 Å². The van der Waals surface area contributed by atoms with E-state index in [0.29, 0.717) is 5.75 Å². The minimum atomic E-state index is 0.356. The molecule has 0 amide bonds. The fourth-order valence-corrected chi connectivity index (χ4v) is 3.25. The number of phenols is 1. The van der Waals surface area contributed by atoms with Crippen molar-refractivity contribution in [2.75, 3.05) is 0 Å². The highest BCUT2D eigenvalue weighted by Crippen LogP contribution is 2.41. The molecule has 1 aliphatic rings. The standard InChI is InChI=1S/C20H16O/c1-13-11-15(9-10-20(13)21)17-7-4-8-18-16-6-3-2-5-14(16)12-19(17)18/h2-11,21H,12H2,1H3. The lowest BCUT2D eigenvalue weighted by Crippen LogP contribution is -1.88. The topological polar surface area (TPSA) is 20.2 Å². The number of rotatable bonds is 1. The van der Waals surface area contributed by atoms with Crippen LogP contribution < -0.4 is 0 Å². The summed E-state index contributed by atoms with van der Waals surface area (Å²) in [5.41, 5.74) is 8.85. The van der Waals surface area contributed by atoms with Gasteiger partial charge in [-0.3, -0.25) is 0 Å². The molecule has 21 heavy (non-hydrogen) atoms. The van der Waals surface area contributed by atoms with Crippen molar-refractivity contribution >= 4 is 0 Å². The molecule has 1 heteroatoms. The Labute approximate surface area is 124 Å². The number of hydrogen-bond acceptors (Lipinski definition) is 1. The van der Waals surface area contributed by atoms with Crippen LogP contribution in [0.5, 0.6) is 5.75 Å². The highest BCUT2D eigenvalue weighted by Gasteiger charge is 2.20. The lowest BCUT2D eigenvalue weighted by Gasteiger charge is -2.10. The van der Waals surface area contributed by atoms with Gasteiger partial charge in [0.05, 0.1) is 0 Å². The van der Waals surface area contributed by atoms with Gasteiger partial charge in [0.2, 0.25) is 0 Å². The third kappa shape index (κ3) is 1.85. The van der Waals surface area contributed by atoms with Crippen molar-refractivity contribution in [3.63, 3.8) is 0 Å². The first-order chi connectivity index (χ1) is 10.2. The highest BCUT2D eigenvalue weighted by molar-refractivity contribution is 5.84. The number of aryl methyl sites for hydroxylation is 1. The highest BCUT2D eigenvalue weighted by atomic mass is 16.3. The summed E-state index contributed by atoms with van der Waals surface area (Å²) in [6.45, 7) is 1.94. The first kappa shape index (κ1) is 12.2. The van der Waals surface area contributed by atoms with Crippen molar-refractivity contribution in [3.05, 3.63) is 77.4 Å². The zero-order chi connectivity index (χ0) is 14.4. The molecule has 1 nitrogen and oxygen atoms in total. The van der Waals surface area contributed by atoms with Crippen LogP contribution in [0.4, 0.5) is 0 Å². The van der Waals surface area contributed by atoms with Crippen molar-refractivity contribution in [1.82, 2.24) is 0 Å². The molecule has 0 aliphatic heterocycles. The molecule has 3 aromatic rings. The maximum atomic E-state index is 9.73. The van der Waals surface area contributed by atoms with Gasteiger partial charge >= 0.3 is 0 Å². The lowest BCUT2D eigenvalue weighted by molar-refractivity contribution is 0.471. The molecule has 0 atom stereocenters. The molecule has 0 bridgehead atoms. The minimum absolute atomic E-state index is 0.356. The molecule has 0 spiro atoms. The monoisotopic (exact) mass is 272 g/mol.